The number of aromatic nitrogens is 1. The van der Waals surface area contributed by atoms with Crippen LogP contribution < -0.4 is 5.32 Å². The minimum absolute atomic E-state index is 0.0364. The molecule has 2 bridgehead atoms. The Balaban J connectivity index is 1.48. The maximum Gasteiger partial charge on any atom is 0.272 e. The molecule has 2 aromatic rings. The summed E-state index contributed by atoms with van der Waals surface area (Å²) in [6.45, 7) is 0.0728. The zero-order valence-corrected chi connectivity index (χ0v) is 18.6. The zero-order chi connectivity index (χ0) is 22.7. The number of fused-ring (bicyclic) bond motifs is 5. The van der Waals surface area contributed by atoms with Crippen LogP contribution in [-0.4, -0.2) is 49.5 Å². The van der Waals surface area contributed by atoms with Crippen LogP contribution in [0, 0.1) is 0 Å². The Labute approximate surface area is 185 Å². The number of pyridine rings is 1. The van der Waals surface area contributed by atoms with E-state index in [2.05, 4.69) is 10.3 Å². The van der Waals surface area contributed by atoms with E-state index >= 15 is 0 Å². The molecule has 6 nitrogen and oxygen atoms in total. The largest absolute Gasteiger partial charge is 0.354 e. The molecule has 2 heterocycles. The number of nitrogens with zero attached hydrogens (tertiary/aromatic N) is 2. The van der Waals surface area contributed by atoms with E-state index in [1.54, 1.807) is 30.5 Å². The molecule has 3 aliphatic rings. The highest BCUT2D eigenvalue weighted by Gasteiger charge is 2.43. The number of halogens is 2. The summed E-state index contributed by atoms with van der Waals surface area (Å²) in [4.78, 5) is 19.4. The second-order valence-corrected chi connectivity index (χ2v) is 11.1. The number of anilines is 2. The fourth-order valence-electron chi connectivity index (χ4n) is 5.32. The Bertz CT molecular complexity index is 1190. The maximum absolute atomic E-state index is 13.5. The highest BCUT2D eigenvalue weighted by atomic mass is 32.2. The van der Waals surface area contributed by atoms with Gasteiger partial charge < -0.3 is 10.2 Å². The van der Waals surface area contributed by atoms with E-state index in [1.165, 1.54) is 11.2 Å². The summed E-state index contributed by atoms with van der Waals surface area (Å²) in [6, 6.07) is 6.61. The summed E-state index contributed by atoms with van der Waals surface area (Å²) < 4.78 is 50.9. The van der Waals surface area contributed by atoms with Gasteiger partial charge in [-0.05, 0) is 60.4 Å². The molecule has 5 rings (SSSR count). The summed E-state index contributed by atoms with van der Waals surface area (Å²) >= 11 is 0. The van der Waals surface area contributed by atoms with Crippen LogP contribution in [-0.2, 0) is 9.84 Å². The molecular formula is C23H25F2N3O3S. The van der Waals surface area contributed by atoms with Gasteiger partial charge in [0.25, 0.3) is 11.8 Å². The standard InChI is InChI=1S/C23H25F2N3O3S/c1-32(30,31)17-4-2-3-16(12-17)27-18-13-26-21(20-15-6-5-14(11-15)19(18)20)22(29)28-9-7-23(24,25)8-10-28/h2-4,12-15,27H,5-11H2,1H3. The van der Waals surface area contributed by atoms with Crippen LogP contribution in [0.5, 0.6) is 0 Å². The fourth-order valence-corrected chi connectivity index (χ4v) is 5.98. The molecule has 1 amide bonds. The number of nitrogens with one attached hydrogen (secondary N) is 1. The Hall–Kier alpha value is -2.55. The lowest BCUT2D eigenvalue weighted by atomic mass is 9.89. The molecule has 2 fully saturated rings. The van der Waals surface area contributed by atoms with Crippen molar-refractivity contribution in [3.8, 4) is 0 Å². The number of alkyl halides is 2. The summed E-state index contributed by atoms with van der Waals surface area (Å²) in [5, 5.41) is 3.31. The lowest BCUT2D eigenvalue weighted by molar-refractivity contribution is -0.0495. The highest BCUT2D eigenvalue weighted by molar-refractivity contribution is 7.90. The monoisotopic (exact) mass is 461 g/mol. The fraction of sp³-hybridized carbons (Fsp3) is 0.478. The number of rotatable bonds is 4. The van der Waals surface area contributed by atoms with Crippen molar-refractivity contribution in [2.75, 3.05) is 24.7 Å². The number of carbonyl (C=O) groups is 1. The lowest BCUT2D eigenvalue weighted by Crippen LogP contribution is -2.43. The van der Waals surface area contributed by atoms with Gasteiger partial charge in [0.05, 0.1) is 16.8 Å². The predicted octanol–water partition coefficient (Wildman–Crippen LogP) is 4.46. The average molecular weight is 462 g/mol. The van der Waals surface area contributed by atoms with Crippen molar-refractivity contribution >= 4 is 27.1 Å². The van der Waals surface area contributed by atoms with E-state index in [1.807, 2.05) is 0 Å². The van der Waals surface area contributed by atoms with Crippen molar-refractivity contribution in [3.05, 3.63) is 47.3 Å². The van der Waals surface area contributed by atoms with Gasteiger partial charge in [0.1, 0.15) is 5.69 Å². The van der Waals surface area contributed by atoms with E-state index in [0.717, 1.165) is 36.1 Å². The summed E-state index contributed by atoms with van der Waals surface area (Å²) in [5.41, 5.74) is 3.80. The second kappa shape index (κ2) is 7.50. The molecule has 32 heavy (non-hydrogen) atoms. The van der Waals surface area contributed by atoms with Crippen molar-refractivity contribution in [1.29, 1.82) is 0 Å². The average Bonchev–Trinajstić information content (AvgIpc) is 3.36. The first kappa shape index (κ1) is 21.3. The normalized spacial score (nSPS) is 23.8. The number of benzene rings is 1. The molecule has 1 aromatic carbocycles. The Morgan fingerprint density at radius 3 is 2.53 bits per heavy atom. The summed E-state index contributed by atoms with van der Waals surface area (Å²) in [6.07, 6.45) is 5.14. The lowest BCUT2D eigenvalue weighted by Gasteiger charge is -2.32. The molecule has 1 saturated carbocycles. The molecule has 2 unspecified atom stereocenters. The van der Waals surface area contributed by atoms with E-state index in [9.17, 15) is 22.0 Å². The van der Waals surface area contributed by atoms with Gasteiger partial charge in [-0.15, -0.1) is 0 Å². The molecule has 0 radical (unpaired) electrons. The first-order chi connectivity index (χ1) is 15.1. The van der Waals surface area contributed by atoms with Crippen LogP contribution in [0.25, 0.3) is 0 Å². The topological polar surface area (TPSA) is 79.4 Å². The molecule has 0 spiro atoms. The summed E-state index contributed by atoms with van der Waals surface area (Å²) in [7, 11) is -3.34. The third kappa shape index (κ3) is 3.76. The Morgan fingerprint density at radius 2 is 1.84 bits per heavy atom. The number of carbonyl (C=O) groups excluding carboxylic acids is 1. The van der Waals surface area contributed by atoms with Crippen molar-refractivity contribution in [3.63, 3.8) is 0 Å². The quantitative estimate of drug-likeness (QED) is 0.727. The second-order valence-electron chi connectivity index (χ2n) is 9.13. The minimum atomic E-state index is -3.34. The predicted molar refractivity (Wildman–Crippen MR) is 116 cm³/mol. The molecule has 2 atom stereocenters. The first-order valence-electron chi connectivity index (χ1n) is 10.9. The molecule has 1 saturated heterocycles. The van der Waals surface area contributed by atoms with Crippen molar-refractivity contribution in [1.82, 2.24) is 9.88 Å². The van der Waals surface area contributed by atoms with E-state index in [4.69, 9.17) is 0 Å². The number of likely N-dealkylation sites (tertiary alicyclic amines) is 1. The van der Waals surface area contributed by atoms with Crippen LogP contribution in [0.3, 0.4) is 0 Å². The van der Waals surface area contributed by atoms with Crippen molar-refractivity contribution in [2.24, 2.45) is 0 Å². The van der Waals surface area contributed by atoms with Crippen LogP contribution in [0.2, 0.25) is 0 Å². The van der Waals surface area contributed by atoms with Gasteiger partial charge in [0.2, 0.25) is 0 Å². The minimum Gasteiger partial charge on any atom is -0.354 e. The third-order valence-corrected chi connectivity index (χ3v) is 8.04. The molecule has 1 aliphatic heterocycles. The smallest absolute Gasteiger partial charge is 0.272 e. The number of sulfone groups is 1. The van der Waals surface area contributed by atoms with Gasteiger partial charge in [-0.3, -0.25) is 4.79 Å². The molecule has 1 N–H and O–H groups in total. The van der Waals surface area contributed by atoms with Crippen molar-refractivity contribution in [2.45, 2.75) is 54.8 Å². The maximum atomic E-state index is 13.5. The zero-order valence-electron chi connectivity index (χ0n) is 17.8. The van der Waals surface area contributed by atoms with Crippen LogP contribution in [0.15, 0.2) is 35.4 Å². The first-order valence-corrected chi connectivity index (χ1v) is 12.8. The third-order valence-electron chi connectivity index (χ3n) is 6.93. The van der Waals surface area contributed by atoms with Gasteiger partial charge in [-0.2, -0.15) is 0 Å². The number of piperidine rings is 1. The van der Waals surface area contributed by atoms with Crippen molar-refractivity contribution < 1.29 is 22.0 Å². The number of amides is 1. The summed E-state index contributed by atoms with van der Waals surface area (Å²) in [5.74, 6) is -2.41. The molecular weight excluding hydrogens is 436 g/mol. The molecule has 2 aliphatic carbocycles. The van der Waals surface area contributed by atoms with Gasteiger partial charge in [-0.25, -0.2) is 22.2 Å². The van der Waals surface area contributed by atoms with Gasteiger partial charge >= 0.3 is 0 Å². The van der Waals surface area contributed by atoms with E-state index in [0.29, 0.717) is 17.3 Å². The Kier molecular flexibility index (Phi) is 5.00. The van der Waals surface area contributed by atoms with Crippen LogP contribution >= 0.6 is 0 Å². The highest BCUT2D eigenvalue weighted by Crippen LogP contribution is 2.56. The van der Waals surface area contributed by atoms with Gasteiger partial charge in [0.15, 0.2) is 9.84 Å². The molecule has 170 valence electrons. The van der Waals surface area contributed by atoms with Gasteiger partial charge in [0, 0.05) is 37.9 Å². The number of hydrogen-bond acceptors (Lipinski definition) is 5. The van der Waals surface area contributed by atoms with Crippen LogP contribution in [0.1, 0.15) is 65.6 Å². The Morgan fingerprint density at radius 1 is 1.16 bits per heavy atom. The SMILES string of the molecule is CS(=O)(=O)c1cccc(Nc2cnc(C(=O)N3CCC(F)(F)CC3)c3c2C2CCC3C2)c1. The number of hydrogen-bond donors (Lipinski definition) is 1. The van der Waals surface area contributed by atoms with Gasteiger partial charge in [-0.1, -0.05) is 6.07 Å². The van der Waals surface area contributed by atoms with Crippen LogP contribution in [0.4, 0.5) is 20.2 Å². The molecule has 1 aromatic heterocycles. The van der Waals surface area contributed by atoms with E-state index < -0.39 is 15.8 Å². The molecule has 9 heteroatoms. The van der Waals surface area contributed by atoms with E-state index in [-0.39, 0.29) is 42.7 Å².